The Morgan fingerprint density at radius 2 is 2.00 bits per heavy atom. The number of rotatable bonds is 1. The monoisotopic (exact) mass is 302 g/mol. The molecule has 5 nitrogen and oxygen atoms in total. The standard InChI is InChI=1S/C14H20F2N2O3/c1-17-3-2-13(12(17)21)6-14(15,16)8-18(7-13)11(20)9-4-10(19)5-9/h9-10,19H,2-8H2,1H3/t9?,10?,13-/m1/s1. The fraction of sp³-hybridized carbons (Fsp3) is 0.857. The lowest BCUT2D eigenvalue weighted by molar-refractivity contribution is -0.168. The lowest BCUT2D eigenvalue weighted by atomic mass is 9.75. The van der Waals surface area contributed by atoms with E-state index < -0.39 is 30.4 Å². The van der Waals surface area contributed by atoms with E-state index in [1.54, 1.807) is 7.05 Å². The van der Waals surface area contributed by atoms with E-state index >= 15 is 0 Å². The first-order chi connectivity index (χ1) is 9.72. The molecule has 0 aromatic heterocycles. The molecule has 3 fully saturated rings. The second-order valence-electron chi connectivity index (χ2n) is 6.81. The summed E-state index contributed by atoms with van der Waals surface area (Å²) < 4.78 is 28.1. The summed E-state index contributed by atoms with van der Waals surface area (Å²) >= 11 is 0. The second kappa shape index (κ2) is 4.63. The maximum atomic E-state index is 14.1. The molecular weight excluding hydrogens is 282 g/mol. The van der Waals surface area contributed by atoms with Gasteiger partial charge in [0.1, 0.15) is 0 Å². The highest BCUT2D eigenvalue weighted by Crippen LogP contribution is 2.46. The van der Waals surface area contributed by atoms with Gasteiger partial charge in [-0.25, -0.2) is 8.78 Å². The summed E-state index contributed by atoms with van der Waals surface area (Å²) in [6, 6.07) is 0. The van der Waals surface area contributed by atoms with Gasteiger partial charge >= 0.3 is 0 Å². The van der Waals surface area contributed by atoms with Crippen molar-refractivity contribution in [2.24, 2.45) is 11.3 Å². The first kappa shape index (κ1) is 14.7. The average Bonchev–Trinajstić information content (AvgIpc) is 2.61. The van der Waals surface area contributed by atoms with Crippen LogP contribution in [-0.2, 0) is 9.59 Å². The van der Waals surface area contributed by atoms with Gasteiger partial charge in [0.15, 0.2) is 0 Å². The molecule has 2 saturated heterocycles. The van der Waals surface area contributed by atoms with Crippen LogP contribution >= 0.6 is 0 Å². The Morgan fingerprint density at radius 1 is 1.33 bits per heavy atom. The predicted molar refractivity (Wildman–Crippen MR) is 69.6 cm³/mol. The number of nitrogens with zero attached hydrogens (tertiary/aromatic N) is 2. The van der Waals surface area contributed by atoms with Crippen molar-refractivity contribution in [3.63, 3.8) is 0 Å². The van der Waals surface area contributed by atoms with E-state index in [0.717, 1.165) is 4.90 Å². The zero-order valence-corrected chi connectivity index (χ0v) is 12.0. The van der Waals surface area contributed by atoms with Crippen LogP contribution in [0.4, 0.5) is 8.78 Å². The second-order valence-corrected chi connectivity index (χ2v) is 6.81. The molecule has 0 unspecified atom stereocenters. The summed E-state index contributed by atoms with van der Waals surface area (Å²) in [6.45, 7) is -0.0759. The van der Waals surface area contributed by atoms with Gasteiger partial charge in [-0.1, -0.05) is 0 Å². The molecule has 3 rings (SSSR count). The van der Waals surface area contributed by atoms with Gasteiger partial charge in [0.2, 0.25) is 11.8 Å². The minimum absolute atomic E-state index is 0.0805. The first-order valence-corrected chi connectivity index (χ1v) is 7.33. The van der Waals surface area contributed by atoms with Crippen LogP contribution < -0.4 is 0 Å². The van der Waals surface area contributed by atoms with E-state index in [0.29, 0.717) is 25.8 Å². The van der Waals surface area contributed by atoms with Crippen LogP contribution in [0.1, 0.15) is 25.7 Å². The van der Waals surface area contributed by atoms with Crippen LogP contribution in [0.25, 0.3) is 0 Å². The number of piperidine rings is 1. The number of aliphatic hydroxyl groups is 1. The van der Waals surface area contributed by atoms with Gasteiger partial charge in [0.05, 0.1) is 18.1 Å². The van der Waals surface area contributed by atoms with E-state index in [4.69, 9.17) is 0 Å². The molecule has 1 N–H and O–H groups in total. The van der Waals surface area contributed by atoms with Crippen molar-refractivity contribution in [1.29, 1.82) is 0 Å². The maximum absolute atomic E-state index is 14.1. The number of alkyl halides is 2. The maximum Gasteiger partial charge on any atom is 0.266 e. The van der Waals surface area contributed by atoms with Crippen LogP contribution in [0, 0.1) is 11.3 Å². The molecule has 2 heterocycles. The molecule has 3 aliphatic rings. The Bertz CT molecular complexity index is 479. The summed E-state index contributed by atoms with van der Waals surface area (Å²) in [5, 5.41) is 9.27. The minimum Gasteiger partial charge on any atom is -0.393 e. The van der Waals surface area contributed by atoms with Gasteiger partial charge in [-0.2, -0.15) is 0 Å². The molecule has 118 valence electrons. The topological polar surface area (TPSA) is 60.9 Å². The van der Waals surface area contributed by atoms with Gasteiger partial charge in [-0.05, 0) is 19.3 Å². The molecule has 21 heavy (non-hydrogen) atoms. The van der Waals surface area contributed by atoms with Gasteiger partial charge in [-0.15, -0.1) is 0 Å². The Labute approximate surface area is 121 Å². The van der Waals surface area contributed by atoms with Crippen LogP contribution in [-0.4, -0.2) is 65.4 Å². The van der Waals surface area contributed by atoms with Crippen LogP contribution in [0.2, 0.25) is 0 Å². The first-order valence-electron chi connectivity index (χ1n) is 7.33. The number of halogens is 2. The van der Waals surface area contributed by atoms with Gasteiger partial charge in [0.25, 0.3) is 5.92 Å². The van der Waals surface area contributed by atoms with Crippen molar-refractivity contribution >= 4 is 11.8 Å². The molecule has 1 aliphatic carbocycles. The Hall–Kier alpha value is -1.24. The smallest absolute Gasteiger partial charge is 0.266 e. The van der Waals surface area contributed by atoms with Crippen molar-refractivity contribution in [3.8, 4) is 0 Å². The summed E-state index contributed by atoms with van der Waals surface area (Å²) in [5.74, 6) is -4.04. The molecule has 1 saturated carbocycles. The largest absolute Gasteiger partial charge is 0.393 e. The molecule has 1 spiro atoms. The lowest BCUT2D eigenvalue weighted by Gasteiger charge is -2.45. The number of carbonyl (C=O) groups is 2. The Balaban J connectivity index is 1.79. The van der Waals surface area contributed by atoms with Gasteiger partial charge in [0, 0.05) is 32.5 Å². The Kier molecular flexibility index (Phi) is 3.24. The fourth-order valence-electron chi connectivity index (χ4n) is 3.82. The normalized spacial score (nSPS) is 38.8. The summed E-state index contributed by atoms with van der Waals surface area (Å²) in [6.07, 6.45) is 0.0658. The average molecular weight is 302 g/mol. The van der Waals surface area contributed by atoms with Crippen molar-refractivity contribution in [1.82, 2.24) is 9.80 Å². The zero-order chi connectivity index (χ0) is 15.4. The number of amides is 2. The van der Waals surface area contributed by atoms with Crippen molar-refractivity contribution in [2.75, 3.05) is 26.7 Å². The van der Waals surface area contributed by atoms with E-state index in [2.05, 4.69) is 0 Å². The van der Waals surface area contributed by atoms with Gasteiger partial charge < -0.3 is 14.9 Å². The third kappa shape index (κ3) is 2.41. The van der Waals surface area contributed by atoms with Crippen molar-refractivity contribution < 1.29 is 23.5 Å². The number of hydrogen-bond acceptors (Lipinski definition) is 3. The molecule has 0 bridgehead atoms. The van der Waals surface area contributed by atoms with Crippen LogP contribution in [0.15, 0.2) is 0 Å². The van der Waals surface area contributed by atoms with Gasteiger partial charge in [-0.3, -0.25) is 9.59 Å². The van der Waals surface area contributed by atoms with Crippen molar-refractivity contribution in [2.45, 2.75) is 37.7 Å². The van der Waals surface area contributed by atoms with E-state index in [9.17, 15) is 23.5 Å². The zero-order valence-electron chi connectivity index (χ0n) is 12.0. The summed E-state index contributed by atoms with van der Waals surface area (Å²) in [4.78, 5) is 27.2. The number of likely N-dealkylation sites (tertiary alicyclic amines) is 2. The highest BCUT2D eigenvalue weighted by Gasteiger charge is 2.57. The molecular formula is C14H20F2N2O3. The van der Waals surface area contributed by atoms with E-state index in [1.807, 2.05) is 0 Å². The molecule has 0 aromatic carbocycles. The fourth-order valence-corrected chi connectivity index (χ4v) is 3.82. The molecule has 0 radical (unpaired) electrons. The number of aliphatic hydroxyl groups excluding tert-OH is 1. The number of hydrogen-bond donors (Lipinski definition) is 1. The third-order valence-electron chi connectivity index (χ3n) is 5.01. The molecule has 0 aromatic rings. The summed E-state index contributed by atoms with van der Waals surface area (Å²) in [5.41, 5.74) is -1.13. The molecule has 7 heteroatoms. The van der Waals surface area contributed by atoms with E-state index in [1.165, 1.54) is 4.90 Å². The van der Waals surface area contributed by atoms with E-state index in [-0.39, 0.29) is 24.3 Å². The third-order valence-corrected chi connectivity index (χ3v) is 5.01. The van der Waals surface area contributed by atoms with Crippen molar-refractivity contribution in [3.05, 3.63) is 0 Å². The lowest BCUT2D eigenvalue weighted by Crippen LogP contribution is -2.59. The number of carbonyl (C=O) groups excluding carboxylic acids is 2. The highest BCUT2D eigenvalue weighted by molar-refractivity contribution is 5.87. The summed E-state index contributed by atoms with van der Waals surface area (Å²) in [7, 11) is 1.61. The SMILES string of the molecule is CN1CC[C@@]2(CN(C(=O)C3CC(O)C3)CC(F)(F)C2)C1=O. The highest BCUT2D eigenvalue weighted by atomic mass is 19.3. The van der Waals surface area contributed by atoms with Crippen LogP contribution in [0.5, 0.6) is 0 Å². The molecule has 1 atom stereocenters. The predicted octanol–water partition coefficient (Wildman–Crippen LogP) is 0.473. The molecule has 2 aliphatic heterocycles. The molecule has 2 amide bonds. The minimum atomic E-state index is -3.03. The Morgan fingerprint density at radius 3 is 2.52 bits per heavy atom. The quantitative estimate of drug-likeness (QED) is 0.766. The van der Waals surface area contributed by atoms with Crippen LogP contribution in [0.3, 0.4) is 0 Å².